The summed E-state index contributed by atoms with van der Waals surface area (Å²) >= 11 is 0. The van der Waals surface area contributed by atoms with Crippen molar-refractivity contribution in [2.75, 3.05) is 13.1 Å². The Hall–Kier alpha value is -2.62. The molecule has 1 amide bonds. The number of nitrogens with zero attached hydrogens (tertiary/aromatic N) is 1. The van der Waals surface area contributed by atoms with E-state index in [2.05, 4.69) is 31.2 Å². The fraction of sp³-hybridized carbons (Fsp3) is 0.364. The molecule has 4 nitrogen and oxygen atoms in total. The highest BCUT2D eigenvalue weighted by Crippen LogP contribution is 2.52. The molecule has 0 radical (unpaired) electrons. The number of benzene rings is 2. The normalized spacial score (nSPS) is 25.3. The van der Waals surface area contributed by atoms with Gasteiger partial charge >= 0.3 is 5.97 Å². The lowest BCUT2D eigenvalue weighted by Gasteiger charge is -2.27. The maximum atomic E-state index is 13.3. The van der Waals surface area contributed by atoms with Gasteiger partial charge in [-0.1, -0.05) is 48.0 Å². The summed E-state index contributed by atoms with van der Waals surface area (Å²) in [7, 11) is 0. The number of ether oxygens (including phenoxy) is 1. The summed E-state index contributed by atoms with van der Waals surface area (Å²) in [6.07, 6.45) is 2.47. The number of carbonyl (C=O) groups is 2. The number of likely N-dealkylation sites (tertiary alicyclic amines) is 1. The molecule has 2 aromatic rings. The van der Waals surface area contributed by atoms with Crippen LogP contribution in [0.3, 0.4) is 0 Å². The highest BCUT2D eigenvalue weighted by molar-refractivity contribution is 5.95. The number of hydrogen-bond donors (Lipinski definition) is 0. The van der Waals surface area contributed by atoms with Crippen LogP contribution in [-0.2, 0) is 20.5 Å². The SMILES string of the molecule is Cc1ccc(C2(C(=O)N3CCC4(C3)OC(=O)c3ccccc34)CC2)cc1. The summed E-state index contributed by atoms with van der Waals surface area (Å²) in [5.74, 6) is -0.0896. The highest BCUT2D eigenvalue weighted by Gasteiger charge is 2.57. The lowest BCUT2D eigenvalue weighted by atomic mass is 9.91. The molecule has 0 N–H and O–H groups in total. The van der Waals surface area contributed by atoms with Gasteiger partial charge in [0.1, 0.15) is 0 Å². The van der Waals surface area contributed by atoms with Crippen LogP contribution in [0, 0.1) is 6.92 Å². The van der Waals surface area contributed by atoms with Crippen molar-refractivity contribution in [2.45, 2.75) is 37.2 Å². The molecule has 1 saturated carbocycles. The molecule has 0 bridgehead atoms. The first-order valence-corrected chi connectivity index (χ1v) is 9.24. The summed E-state index contributed by atoms with van der Waals surface area (Å²) in [6.45, 7) is 3.15. The number of esters is 1. The first-order chi connectivity index (χ1) is 12.5. The van der Waals surface area contributed by atoms with E-state index in [1.54, 1.807) is 0 Å². The van der Waals surface area contributed by atoms with E-state index in [-0.39, 0.29) is 17.3 Å². The zero-order valence-corrected chi connectivity index (χ0v) is 14.8. The third-order valence-corrected chi connectivity index (χ3v) is 6.21. The van der Waals surface area contributed by atoms with Gasteiger partial charge in [0.25, 0.3) is 0 Å². The maximum Gasteiger partial charge on any atom is 0.339 e. The summed E-state index contributed by atoms with van der Waals surface area (Å²) in [5.41, 5.74) is 2.85. The summed E-state index contributed by atoms with van der Waals surface area (Å²) in [6, 6.07) is 15.9. The summed E-state index contributed by atoms with van der Waals surface area (Å²) < 4.78 is 5.78. The van der Waals surface area contributed by atoms with Crippen LogP contribution in [0.15, 0.2) is 48.5 Å². The van der Waals surface area contributed by atoms with Crippen LogP contribution in [0.4, 0.5) is 0 Å². The molecular weight excluding hydrogens is 326 g/mol. The Morgan fingerprint density at radius 2 is 1.77 bits per heavy atom. The van der Waals surface area contributed by atoms with Gasteiger partial charge in [-0.15, -0.1) is 0 Å². The lowest BCUT2D eigenvalue weighted by Crippen LogP contribution is -2.40. The van der Waals surface area contributed by atoms with Crippen LogP contribution >= 0.6 is 0 Å². The van der Waals surface area contributed by atoms with Crippen LogP contribution in [0.25, 0.3) is 0 Å². The summed E-state index contributed by atoms with van der Waals surface area (Å²) in [5, 5.41) is 0. The van der Waals surface area contributed by atoms with Crippen molar-refractivity contribution in [3.8, 4) is 0 Å². The number of amides is 1. The summed E-state index contributed by atoms with van der Waals surface area (Å²) in [4.78, 5) is 27.5. The first kappa shape index (κ1) is 15.6. The topological polar surface area (TPSA) is 46.6 Å². The molecule has 132 valence electrons. The molecule has 2 heterocycles. The molecule has 2 fully saturated rings. The third kappa shape index (κ3) is 2.08. The molecular formula is C22H21NO3. The van der Waals surface area contributed by atoms with Crippen LogP contribution < -0.4 is 0 Å². The highest BCUT2D eigenvalue weighted by atomic mass is 16.6. The minimum absolute atomic E-state index is 0.179. The lowest BCUT2D eigenvalue weighted by molar-refractivity contribution is -0.134. The van der Waals surface area contributed by atoms with Gasteiger partial charge in [0.15, 0.2) is 5.60 Å². The zero-order valence-electron chi connectivity index (χ0n) is 14.8. The second-order valence-corrected chi connectivity index (χ2v) is 7.85. The van der Waals surface area contributed by atoms with Crippen LogP contribution in [0.2, 0.25) is 0 Å². The predicted molar refractivity (Wildman–Crippen MR) is 96.8 cm³/mol. The van der Waals surface area contributed by atoms with Gasteiger partial charge in [-0.2, -0.15) is 0 Å². The Morgan fingerprint density at radius 1 is 1.04 bits per heavy atom. The van der Waals surface area contributed by atoms with Crippen LogP contribution in [-0.4, -0.2) is 29.9 Å². The van der Waals surface area contributed by atoms with Crippen LogP contribution in [0.5, 0.6) is 0 Å². The van der Waals surface area contributed by atoms with Crippen molar-refractivity contribution in [1.29, 1.82) is 0 Å². The van der Waals surface area contributed by atoms with Crippen molar-refractivity contribution in [3.05, 3.63) is 70.8 Å². The molecule has 1 unspecified atom stereocenters. The Labute approximate surface area is 152 Å². The maximum absolute atomic E-state index is 13.3. The van der Waals surface area contributed by atoms with Crippen molar-refractivity contribution in [2.24, 2.45) is 0 Å². The van der Waals surface area contributed by atoms with Crippen molar-refractivity contribution in [3.63, 3.8) is 0 Å². The van der Waals surface area contributed by atoms with E-state index in [0.29, 0.717) is 25.1 Å². The van der Waals surface area contributed by atoms with Crippen molar-refractivity contribution >= 4 is 11.9 Å². The average molecular weight is 347 g/mol. The van der Waals surface area contributed by atoms with E-state index in [4.69, 9.17) is 4.74 Å². The Bertz CT molecular complexity index is 913. The van der Waals surface area contributed by atoms with Gasteiger partial charge in [-0.3, -0.25) is 4.79 Å². The van der Waals surface area contributed by atoms with Gasteiger partial charge in [0.2, 0.25) is 5.91 Å². The number of fused-ring (bicyclic) bond motifs is 2. The molecule has 0 aromatic heterocycles. The molecule has 1 saturated heterocycles. The Kier molecular flexibility index (Phi) is 3.12. The molecule has 5 rings (SSSR count). The van der Waals surface area contributed by atoms with Gasteiger partial charge in [-0.25, -0.2) is 4.79 Å². The van der Waals surface area contributed by atoms with Gasteiger partial charge in [0, 0.05) is 18.5 Å². The number of carbonyl (C=O) groups excluding carboxylic acids is 2. The second kappa shape index (κ2) is 5.19. The van der Waals surface area contributed by atoms with E-state index in [1.807, 2.05) is 29.2 Å². The first-order valence-electron chi connectivity index (χ1n) is 9.24. The number of aryl methyl sites for hydroxylation is 1. The van der Waals surface area contributed by atoms with E-state index in [0.717, 1.165) is 24.0 Å². The fourth-order valence-corrected chi connectivity index (χ4v) is 4.53. The number of rotatable bonds is 2. The van der Waals surface area contributed by atoms with Crippen molar-refractivity contribution < 1.29 is 14.3 Å². The zero-order chi connectivity index (χ0) is 17.9. The number of hydrogen-bond acceptors (Lipinski definition) is 3. The minimum Gasteiger partial charge on any atom is -0.449 e. The third-order valence-electron chi connectivity index (χ3n) is 6.21. The monoisotopic (exact) mass is 347 g/mol. The van der Waals surface area contributed by atoms with Gasteiger partial charge in [0.05, 0.1) is 17.5 Å². The smallest absolute Gasteiger partial charge is 0.339 e. The molecule has 1 aliphatic carbocycles. The minimum atomic E-state index is -0.660. The van der Waals surface area contributed by atoms with Crippen LogP contribution in [0.1, 0.15) is 46.3 Å². The van der Waals surface area contributed by atoms with E-state index >= 15 is 0 Å². The van der Waals surface area contributed by atoms with E-state index < -0.39 is 5.60 Å². The van der Waals surface area contributed by atoms with Gasteiger partial charge < -0.3 is 9.64 Å². The second-order valence-electron chi connectivity index (χ2n) is 7.85. The molecule has 1 spiro atoms. The Balaban J connectivity index is 1.43. The molecule has 2 aliphatic heterocycles. The molecule has 3 aliphatic rings. The van der Waals surface area contributed by atoms with Crippen molar-refractivity contribution in [1.82, 2.24) is 4.90 Å². The standard InChI is InChI=1S/C22H21NO3/c1-15-6-8-16(9-7-15)21(10-11-21)20(25)23-13-12-22(14-23)18-5-3-2-4-17(18)19(24)26-22/h2-9H,10-14H2,1H3. The fourth-order valence-electron chi connectivity index (χ4n) is 4.53. The molecule has 2 aromatic carbocycles. The Morgan fingerprint density at radius 3 is 2.50 bits per heavy atom. The average Bonchev–Trinajstić information content (AvgIpc) is 3.28. The predicted octanol–water partition coefficient (Wildman–Crippen LogP) is 3.32. The molecule has 4 heteroatoms. The van der Waals surface area contributed by atoms with E-state index in [1.165, 1.54) is 5.56 Å². The largest absolute Gasteiger partial charge is 0.449 e. The quantitative estimate of drug-likeness (QED) is 0.783. The van der Waals surface area contributed by atoms with Gasteiger partial charge in [-0.05, 0) is 31.4 Å². The molecule has 26 heavy (non-hydrogen) atoms. The van der Waals surface area contributed by atoms with E-state index in [9.17, 15) is 9.59 Å². The molecule has 1 atom stereocenters.